The van der Waals surface area contributed by atoms with Gasteiger partial charge >= 0.3 is 0 Å². The van der Waals surface area contributed by atoms with Gasteiger partial charge in [0.15, 0.2) is 5.69 Å². The van der Waals surface area contributed by atoms with Crippen molar-refractivity contribution in [3.05, 3.63) is 41.7 Å². The van der Waals surface area contributed by atoms with Crippen molar-refractivity contribution in [1.29, 1.82) is 0 Å². The summed E-state index contributed by atoms with van der Waals surface area (Å²) in [6.07, 6.45) is 6.11. The number of piperidine rings is 1. The average molecular weight is 310 g/mol. The van der Waals surface area contributed by atoms with Crippen LogP contribution in [0.1, 0.15) is 54.2 Å². The number of carbonyl (C=O) groups is 1. The first-order chi connectivity index (χ1) is 11.3. The molecule has 1 saturated carbocycles. The molecule has 2 fully saturated rings. The van der Waals surface area contributed by atoms with Gasteiger partial charge in [-0.05, 0) is 50.3 Å². The highest BCUT2D eigenvalue weighted by atomic mass is 16.1. The van der Waals surface area contributed by atoms with E-state index in [1.807, 2.05) is 24.3 Å². The van der Waals surface area contributed by atoms with Gasteiger partial charge in [-0.3, -0.25) is 9.89 Å². The third-order valence-electron chi connectivity index (χ3n) is 4.70. The van der Waals surface area contributed by atoms with E-state index in [4.69, 9.17) is 0 Å². The number of hydrogen-bond donors (Lipinski definition) is 2. The average Bonchev–Trinajstić information content (AvgIpc) is 3.33. The minimum Gasteiger partial charge on any atom is -0.370 e. The maximum absolute atomic E-state index is 12.5. The summed E-state index contributed by atoms with van der Waals surface area (Å²) in [5.74, 6) is 0.433. The second-order valence-electron chi connectivity index (χ2n) is 6.50. The number of anilines is 2. The molecule has 5 nitrogen and oxygen atoms in total. The van der Waals surface area contributed by atoms with Gasteiger partial charge in [0.05, 0.1) is 11.4 Å². The van der Waals surface area contributed by atoms with Crippen molar-refractivity contribution in [1.82, 2.24) is 10.2 Å². The summed E-state index contributed by atoms with van der Waals surface area (Å²) in [4.78, 5) is 14.9. The van der Waals surface area contributed by atoms with E-state index < -0.39 is 0 Å². The predicted octanol–water partition coefficient (Wildman–Crippen LogP) is 3.53. The van der Waals surface area contributed by atoms with E-state index in [0.29, 0.717) is 11.6 Å². The molecule has 5 heteroatoms. The Balaban J connectivity index is 1.52. The quantitative estimate of drug-likeness (QED) is 0.908. The van der Waals surface area contributed by atoms with Gasteiger partial charge in [-0.1, -0.05) is 12.1 Å². The van der Waals surface area contributed by atoms with Crippen molar-refractivity contribution >= 4 is 17.3 Å². The highest BCUT2D eigenvalue weighted by molar-refractivity contribution is 6.04. The molecule has 4 rings (SSSR count). The van der Waals surface area contributed by atoms with E-state index in [-0.39, 0.29) is 5.91 Å². The van der Waals surface area contributed by atoms with E-state index in [2.05, 4.69) is 26.5 Å². The lowest BCUT2D eigenvalue weighted by molar-refractivity contribution is 0.102. The Morgan fingerprint density at radius 1 is 1.17 bits per heavy atom. The van der Waals surface area contributed by atoms with Crippen LogP contribution < -0.4 is 10.2 Å². The lowest BCUT2D eigenvalue weighted by Crippen LogP contribution is -2.30. The third-order valence-corrected chi connectivity index (χ3v) is 4.70. The number of amides is 1. The topological polar surface area (TPSA) is 61.0 Å². The zero-order valence-corrected chi connectivity index (χ0v) is 13.2. The summed E-state index contributed by atoms with van der Waals surface area (Å²) in [5, 5.41) is 10.2. The molecule has 23 heavy (non-hydrogen) atoms. The summed E-state index contributed by atoms with van der Waals surface area (Å²) < 4.78 is 0. The number of nitrogens with zero attached hydrogens (tertiary/aromatic N) is 2. The summed E-state index contributed by atoms with van der Waals surface area (Å²) >= 11 is 0. The molecule has 1 saturated heterocycles. The predicted molar refractivity (Wildman–Crippen MR) is 91.0 cm³/mol. The van der Waals surface area contributed by atoms with Crippen molar-refractivity contribution in [3.63, 3.8) is 0 Å². The minimum absolute atomic E-state index is 0.141. The van der Waals surface area contributed by atoms with E-state index in [9.17, 15) is 4.79 Å². The van der Waals surface area contributed by atoms with Crippen molar-refractivity contribution in [2.75, 3.05) is 23.3 Å². The molecule has 1 aromatic carbocycles. The van der Waals surface area contributed by atoms with E-state index in [1.54, 1.807) is 0 Å². The van der Waals surface area contributed by atoms with Gasteiger partial charge in [0.25, 0.3) is 5.91 Å². The molecule has 1 aliphatic heterocycles. The van der Waals surface area contributed by atoms with Crippen LogP contribution in [-0.2, 0) is 0 Å². The molecule has 0 radical (unpaired) electrons. The lowest BCUT2D eigenvalue weighted by Gasteiger charge is -2.30. The minimum atomic E-state index is -0.141. The molecule has 1 aliphatic carbocycles. The molecule has 1 aromatic heterocycles. The van der Waals surface area contributed by atoms with Crippen molar-refractivity contribution in [2.24, 2.45) is 0 Å². The van der Waals surface area contributed by atoms with Crippen molar-refractivity contribution < 1.29 is 4.79 Å². The Labute approximate surface area is 136 Å². The van der Waals surface area contributed by atoms with Crippen LogP contribution in [0.2, 0.25) is 0 Å². The molecule has 1 amide bonds. The highest BCUT2D eigenvalue weighted by Crippen LogP contribution is 2.39. The number of carbonyl (C=O) groups excluding carboxylic acids is 1. The number of aromatic nitrogens is 2. The van der Waals surface area contributed by atoms with Crippen LogP contribution in [0.25, 0.3) is 0 Å². The zero-order valence-electron chi connectivity index (χ0n) is 13.2. The molecule has 120 valence electrons. The first-order valence-corrected chi connectivity index (χ1v) is 8.52. The fraction of sp³-hybridized carbons (Fsp3) is 0.444. The Morgan fingerprint density at radius 2 is 1.96 bits per heavy atom. The monoisotopic (exact) mass is 310 g/mol. The molecular weight excluding hydrogens is 288 g/mol. The third kappa shape index (κ3) is 3.09. The maximum Gasteiger partial charge on any atom is 0.276 e. The summed E-state index contributed by atoms with van der Waals surface area (Å²) in [6.45, 7) is 2.11. The second-order valence-corrected chi connectivity index (χ2v) is 6.50. The molecule has 2 aliphatic rings. The van der Waals surface area contributed by atoms with Crippen LogP contribution in [0.15, 0.2) is 30.3 Å². The second kappa shape index (κ2) is 6.07. The van der Waals surface area contributed by atoms with Gasteiger partial charge < -0.3 is 10.2 Å². The molecule has 0 bridgehead atoms. The summed E-state index contributed by atoms with van der Waals surface area (Å²) in [6, 6.07) is 9.93. The number of nitrogens with one attached hydrogen (secondary N) is 2. The molecule has 2 aromatic rings. The molecular formula is C18H22N4O. The van der Waals surface area contributed by atoms with Crippen LogP contribution >= 0.6 is 0 Å². The molecule has 2 N–H and O–H groups in total. The Kier molecular flexibility index (Phi) is 3.77. The van der Waals surface area contributed by atoms with E-state index in [1.165, 1.54) is 32.1 Å². The van der Waals surface area contributed by atoms with Gasteiger partial charge in [-0.25, -0.2) is 0 Å². The number of benzene rings is 1. The van der Waals surface area contributed by atoms with Gasteiger partial charge in [0.1, 0.15) is 0 Å². The fourth-order valence-electron chi connectivity index (χ4n) is 3.23. The van der Waals surface area contributed by atoms with Gasteiger partial charge in [0, 0.05) is 24.7 Å². The van der Waals surface area contributed by atoms with Crippen molar-refractivity contribution in [2.45, 2.75) is 38.0 Å². The number of aromatic amines is 1. The molecule has 0 spiro atoms. The molecule has 2 heterocycles. The van der Waals surface area contributed by atoms with E-state index in [0.717, 1.165) is 30.2 Å². The van der Waals surface area contributed by atoms with Crippen LogP contribution in [0.3, 0.4) is 0 Å². The Bertz CT molecular complexity index is 699. The SMILES string of the molecule is O=C(Nc1ccccc1N1CCCCC1)c1cc(C2CC2)[nH]n1. The standard InChI is InChI=1S/C18H22N4O/c23-18(16-12-15(20-21-16)13-8-9-13)19-14-6-2-3-7-17(14)22-10-4-1-5-11-22/h2-3,6-7,12-13H,1,4-5,8-11H2,(H,19,23)(H,20,21). The Hall–Kier alpha value is -2.30. The molecule has 0 atom stereocenters. The van der Waals surface area contributed by atoms with Crippen molar-refractivity contribution in [3.8, 4) is 0 Å². The smallest absolute Gasteiger partial charge is 0.276 e. The number of H-pyrrole nitrogens is 1. The normalized spacial score (nSPS) is 18.0. The molecule has 0 unspecified atom stereocenters. The summed E-state index contributed by atoms with van der Waals surface area (Å²) in [5.41, 5.74) is 3.54. The van der Waals surface area contributed by atoms with E-state index >= 15 is 0 Å². The Morgan fingerprint density at radius 3 is 2.74 bits per heavy atom. The fourth-order valence-corrected chi connectivity index (χ4v) is 3.23. The zero-order chi connectivity index (χ0) is 15.6. The van der Waals surface area contributed by atoms with Crippen LogP contribution in [0.4, 0.5) is 11.4 Å². The number of rotatable bonds is 4. The number of para-hydroxylation sites is 2. The van der Waals surface area contributed by atoms with Crippen LogP contribution in [-0.4, -0.2) is 29.2 Å². The largest absolute Gasteiger partial charge is 0.370 e. The number of hydrogen-bond acceptors (Lipinski definition) is 3. The van der Waals surface area contributed by atoms with Crippen LogP contribution in [0.5, 0.6) is 0 Å². The lowest BCUT2D eigenvalue weighted by atomic mass is 10.1. The van der Waals surface area contributed by atoms with Gasteiger partial charge in [-0.2, -0.15) is 5.10 Å². The summed E-state index contributed by atoms with van der Waals surface area (Å²) in [7, 11) is 0. The maximum atomic E-state index is 12.5. The van der Waals surface area contributed by atoms with Gasteiger partial charge in [-0.15, -0.1) is 0 Å². The first kappa shape index (κ1) is 14.3. The highest BCUT2D eigenvalue weighted by Gasteiger charge is 2.26. The first-order valence-electron chi connectivity index (χ1n) is 8.52. The van der Waals surface area contributed by atoms with Crippen LogP contribution in [0, 0.1) is 0 Å². The van der Waals surface area contributed by atoms with Gasteiger partial charge in [0.2, 0.25) is 0 Å².